The molecule has 0 aliphatic carbocycles. The highest BCUT2D eigenvalue weighted by atomic mass is 35.5. The summed E-state index contributed by atoms with van der Waals surface area (Å²) in [4.78, 5) is 37.8. The first-order valence-electron chi connectivity index (χ1n) is 7.37. The van der Waals surface area contributed by atoms with Crippen molar-refractivity contribution in [3.05, 3.63) is 56.9 Å². The molecule has 0 aliphatic heterocycles. The number of benzene rings is 1. The minimum atomic E-state index is -1.10. The van der Waals surface area contributed by atoms with Crippen molar-refractivity contribution >= 4 is 34.4 Å². The summed E-state index contributed by atoms with van der Waals surface area (Å²) in [6.07, 6.45) is 2.42. The Labute approximate surface area is 146 Å². The number of nitrogens with zero attached hydrogens (tertiary/aromatic N) is 3. The third kappa shape index (κ3) is 3.43. The molecule has 9 heteroatoms. The van der Waals surface area contributed by atoms with Crippen LogP contribution in [0.2, 0.25) is 5.02 Å². The van der Waals surface area contributed by atoms with Crippen molar-refractivity contribution in [3.8, 4) is 0 Å². The van der Waals surface area contributed by atoms with Crippen LogP contribution < -0.4 is 10.9 Å². The molecule has 25 heavy (non-hydrogen) atoms. The van der Waals surface area contributed by atoms with Crippen LogP contribution in [-0.2, 0) is 0 Å². The van der Waals surface area contributed by atoms with Gasteiger partial charge in [-0.3, -0.25) is 4.79 Å². The van der Waals surface area contributed by atoms with Gasteiger partial charge in [0.2, 0.25) is 5.95 Å². The van der Waals surface area contributed by atoms with Crippen LogP contribution in [0.5, 0.6) is 0 Å². The van der Waals surface area contributed by atoms with Gasteiger partial charge in [0.25, 0.3) is 5.56 Å². The van der Waals surface area contributed by atoms with Crippen molar-refractivity contribution in [1.82, 2.24) is 19.9 Å². The third-order valence-corrected chi connectivity index (χ3v) is 3.98. The molecule has 128 valence electrons. The molecule has 0 bridgehead atoms. The average Bonchev–Trinajstić information content (AvgIpc) is 2.54. The van der Waals surface area contributed by atoms with E-state index in [0.29, 0.717) is 27.3 Å². The number of fused-ring (bicyclic) bond motifs is 1. The van der Waals surface area contributed by atoms with Crippen LogP contribution in [0, 0.1) is 6.92 Å². The zero-order valence-corrected chi connectivity index (χ0v) is 14.1. The minimum absolute atomic E-state index is 0.00470. The highest BCUT2D eigenvalue weighted by Gasteiger charge is 2.15. The molecule has 3 rings (SSSR count). The number of aromatic carboxylic acids is 1. The second kappa shape index (κ2) is 6.48. The summed E-state index contributed by atoms with van der Waals surface area (Å²) in [5.74, 6) is -0.330. The molecule has 2 heterocycles. The normalized spacial score (nSPS) is 12.1. The second-order valence-electron chi connectivity index (χ2n) is 5.51. The van der Waals surface area contributed by atoms with Crippen molar-refractivity contribution in [2.75, 3.05) is 5.32 Å². The van der Waals surface area contributed by atoms with E-state index in [9.17, 15) is 9.59 Å². The lowest BCUT2D eigenvalue weighted by atomic mass is 10.1. The first kappa shape index (κ1) is 16.8. The summed E-state index contributed by atoms with van der Waals surface area (Å²) in [5.41, 5.74) is 0.949. The van der Waals surface area contributed by atoms with Gasteiger partial charge in [0.15, 0.2) is 0 Å². The van der Waals surface area contributed by atoms with E-state index in [-0.39, 0.29) is 23.1 Å². The SMILES string of the molecule is Cc1nc2cc(Cl)c([C@H](C)Nc3ncc(C(=O)O)cn3)cc2c(=O)[nH]1. The number of carboxylic acid groups (broad SMARTS) is 1. The molecule has 0 spiro atoms. The number of H-pyrrole nitrogens is 1. The molecule has 0 saturated heterocycles. The van der Waals surface area contributed by atoms with Gasteiger partial charge in [-0.05, 0) is 31.5 Å². The van der Waals surface area contributed by atoms with Crippen LogP contribution in [-0.4, -0.2) is 31.0 Å². The lowest BCUT2D eigenvalue weighted by molar-refractivity contribution is 0.0696. The first-order valence-corrected chi connectivity index (χ1v) is 7.75. The van der Waals surface area contributed by atoms with Gasteiger partial charge in [-0.25, -0.2) is 19.7 Å². The maximum absolute atomic E-state index is 12.1. The summed E-state index contributed by atoms with van der Waals surface area (Å²) in [6.45, 7) is 3.53. The number of aromatic amines is 1. The van der Waals surface area contributed by atoms with E-state index in [1.807, 2.05) is 6.92 Å². The number of carboxylic acids is 1. The summed E-state index contributed by atoms with van der Waals surface area (Å²) in [5, 5.41) is 12.8. The van der Waals surface area contributed by atoms with Crippen LogP contribution in [0.15, 0.2) is 29.3 Å². The highest BCUT2D eigenvalue weighted by Crippen LogP contribution is 2.28. The maximum atomic E-state index is 12.1. The van der Waals surface area contributed by atoms with Crippen molar-refractivity contribution in [3.63, 3.8) is 0 Å². The molecule has 0 aliphatic rings. The molecule has 3 N–H and O–H groups in total. The Morgan fingerprint density at radius 3 is 2.64 bits per heavy atom. The van der Waals surface area contributed by atoms with E-state index >= 15 is 0 Å². The van der Waals surface area contributed by atoms with E-state index in [1.165, 1.54) is 12.4 Å². The number of hydrogen-bond donors (Lipinski definition) is 3. The van der Waals surface area contributed by atoms with Gasteiger partial charge in [0, 0.05) is 17.4 Å². The third-order valence-electron chi connectivity index (χ3n) is 3.65. The van der Waals surface area contributed by atoms with Crippen LogP contribution in [0.3, 0.4) is 0 Å². The second-order valence-corrected chi connectivity index (χ2v) is 5.92. The van der Waals surface area contributed by atoms with Gasteiger partial charge < -0.3 is 15.4 Å². The van der Waals surface area contributed by atoms with Crippen molar-refractivity contribution in [1.29, 1.82) is 0 Å². The highest BCUT2D eigenvalue weighted by molar-refractivity contribution is 6.32. The number of halogens is 1. The van der Waals surface area contributed by atoms with E-state index in [4.69, 9.17) is 16.7 Å². The Balaban J connectivity index is 1.93. The fraction of sp³-hybridized carbons (Fsp3) is 0.188. The molecule has 1 aromatic carbocycles. The van der Waals surface area contributed by atoms with Gasteiger partial charge in [-0.1, -0.05) is 11.6 Å². The molecule has 8 nitrogen and oxygen atoms in total. The summed E-state index contributed by atoms with van der Waals surface area (Å²) < 4.78 is 0. The predicted octanol–water partition coefficient (Wildman–Crippen LogP) is 2.55. The molecule has 0 unspecified atom stereocenters. The van der Waals surface area contributed by atoms with Gasteiger partial charge >= 0.3 is 5.97 Å². The van der Waals surface area contributed by atoms with E-state index in [2.05, 4.69) is 25.3 Å². The van der Waals surface area contributed by atoms with Crippen LogP contribution >= 0.6 is 11.6 Å². The summed E-state index contributed by atoms with van der Waals surface area (Å²) in [7, 11) is 0. The predicted molar refractivity (Wildman–Crippen MR) is 93.1 cm³/mol. The smallest absolute Gasteiger partial charge is 0.338 e. The molecule has 1 atom stereocenters. The molecular formula is C16H14ClN5O3. The summed E-state index contributed by atoms with van der Waals surface area (Å²) >= 11 is 6.33. The van der Waals surface area contributed by atoms with E-state index in [1.54, 1.807) is 19.1 Å². The van der Waals surface area contributed by atoms with Crippen molar-refractivity contribution in [2.45, 2.75) is 19.9 Å². The standard InChI is InChI=1S/C16H14ClN5O3/c1-7(20-16-18-5-9(6-19-16)15(24)25)10-3-11-13(4-12(10)17)21-8(2)22-14(11)23/h3-7H,1-2H3,(H,24,25)(H,18,19,20)(H,21,22,23)/t7-/m0/s1. The molecule has 0 saturated carbocycles. The Kier molecular flexibility index (Phi) is 4.37. The molecular weight excluding hydrogens is 346 g/mol. The Bertz CT molecular complexity index is 1020. The minimum Gasteiger partial charge on any atom is -0.478 e. The maximum Gasteiger partial charge on any atom is 0.338 e. The average molecular weight is 360 g/mol. The molecule has 3 aromatic rings. The van der Waals surface area contributed by atoms with Gasteiger partial charge in [0.1, 0.15) is 5.82 Å². The first-order chi connectivity index (χ1) is 11.8. The van der Waals surface area contributed by atoms with Crippen LogP contribution in [0.4, 0.5) is 5.95 Å². The fourth-order valence-corrected chi connectivity index (χ4v) is 2.73. The molecule has 0 amide bonds. The largest absolute Gasteiger partial charge is 0.478 e. The Morgan fingerprint density at radius 2 is 2.00 bits per heavy atom. The number of carbonyl (C=O) groups is 1. The number of rotatable bonds is 4. The monoisotopic (exact) mass is 359 g/mol. The quantitative estimate of drug-likeness (QED) is 0.654. The number of nitrogens with one attached hydrogen (secondary N) is 2. The van der Waals surface area contributed by atoms with Crippen LogP contribution in [0.25, 0.3) is 10.9 Å². The fourth-order valence-electron chi connectivity index (χ4n) is 2.41. The lowest BCUT2D eigenvalue weighted by Gasteiger charge is -2.16. The van der Waals surface area contributed by atoms with E-state index < -0.39 is 5.97 Å². The number of aryl methyl sites for hydroxylation is 1. The van der Waals surface area contributed by atoms with Crippen LogP contribution in [0.1, 0.15) is 34.7 Å². The Morgan fingerprint density at radius 1 is 1.32 bits per heavy atom. The van der Waals surface area contributed by atoms with Crippen molar-refractivity contribution < 1.29 is 9.90 Å². The molecule has 2 aromatic heterocycles. The van der Waals surface area contributed by atoms with Gasteiger partial charge in [-0.2, -0.15) is 0 Å². The van der Waals surface area contributed by atoms with E-state index in [0.717, 1.165) is 0 Å². The molecule has 0 fully saturated rings. The lowest BCUT2D eigenvalue weighted by Crippen LogP contribution is -2.13. The summed E-state index contributed by atoms with van der Waals surface area (Å²) in [6, 6.07) is 3.00. The zero-order valence-electron chi connectivity index (χ0n) is 13.4. The number of anilines is 1. The van der Waals surface area contributed by atoms with Crippen molar-refractivity contribution in [2.24, 2.45) is 0 Å². The number of aromatic nitrogens is 4. The topological polar surface area (TPSA) is 121 Å². The van der Waals surface area contributed by atoms with Gasteiger partial charge in [-0.15, -0.1) is 0 Å². The zero-order chi connectivity index (χ0) is 18.1. The van der Waals surface area contributed by atoms with Gasteiger partial charge in [0.05, 0.1) is 22.5 Å². The Hall–Kier alpha value is -3.00. The number of hydrogen-bond acceptors (Lipinski definition) is 6. The molecule has 0 radical (unpaired) electrons.